The molecular formula is C20H33NO7. The summed E-state index contributed by atoms with van der Waals surface area (Å²) in [7, 11) is 1.56. The smallest absolute Gasteiger partial charge is 0.308 e. The fourth-order valence-corrected chi connectivity index (χ4v) is 4.46. The molecule has 0 radical (unpaired) electrons. The van der Waals surface area contributed by atoms with Crippen LogP contribution in [0.1, 0.15) is 57.8 Å². The van der Waals surface area contributed by atoms with Crippen LogP contribution < -0.4 is 5.32 Å². The van der Waals surface area contributed by atoms with Crippen molar-refractivity contribution in [2.75, 3.05) is 26.9 Å². The summed E-state index contributed by atoms with van der Waals surface area (Å²) in [6, 6.07) is -0.0261. The summed E-state index contributed by atoms with van der Waals surface area (Å²) in [5, 5.41) is 21.8. The standard InChI is InChI=1S/C20H33NO7/c1-27-10-11-28-13-15(18(24)25)12-20(8-2-3-9-20)19(26)21-16-6-4-14(5-7-16)17(22)23/h14-16H,2-13H2,1H3,(H,21,26)(H,22,23)(H,24,25)/t14-,15-,16+/m0/s1. The Kier molecular flexibility index (Phi) is 8.69. The molecule has 2 aliphatic rings. The molecular weight excluding hydrogens is 366 g/mol. The first-order chi connectivity index (χ1) is 13.4. The van der Waals surface area contributed by atoms with Gasteiger partial charge in [-0.15, -0.1) is 0 Å². The maximum atomic E-state index is 13.1. The Morgan fingerprint density at radius 3 is 2.25 bits per heavy atom. The molecule has 2 saturated carbocycles. The van der Waals surface area contributed by atoms with E-state index < -0.39 is 23.3 Å². The zero-order chi connectivity index (χ0) is 20.6. The lowest BCUT2D eigenvalue weighted by Gasteiger charge is -2.34. The van der Waals surface area contributed by atoms with Crippen molar-refractivity contribution < 1.29 is 34.1 Å². The topological polar surface area (TPSA) is 122 Å². The van der Waals surface area contributed by atoms with Gasteiger partial charge in [0.05, 0.1) is 37.1 Å². The molecule has 160 valence electrons. The molecule has 0 spiro atoms. The van der Waals surface area contributed by atoms with E-state index in [1.54, 1.807) is 7.11 Å². The van der Waals surface area contributed by atoms with Gasteiger partial charge in [0.25, 0.3) is 0 Å². The van der Waals surface area contributed by atoms with E-state index in [9.17, 15) is 19.5 Å². The van der Waals surface area contributed by atoms with Gasteiger partial charge in [-0.05, 0) is 44.9 Å². The Hall–Kier alpha value is -1.67. The zero-order valence-electron chi connectivity index (χ0n) is 16.7. The van der Waals surface area contributed by atoms with E-state index in [1.807, 2.05) is 0 Å². The summed E-state index contributed by atoms with van der Waals surface area (Å²) >= 11 is 0. The number of carbonyl (C=O) groups is 3. The van der Waals surface area contributed by atoms with Crippen molar-refractivity contribution in [3.63, 3.8) is 0 Å². The van der Waals surface area contributed by atoms with Crippen LogP contribution in [0.5, 0.6) is 0 Å². The summed E-state index contributed by atoms with van der Waals surface area (Å²) in [5.74, 6) is -2.85. The van der Waals surface area contributed by atoms with E-state index in [4.69, 9.17) is 14.6 Å². The maximum absolute atomic E-state index is 13.1. The summed E-state index contributed by atoms with van der Waals surface area (Å²) in [4.78, 5) is 35.9. The van der Waals surface area contributed by atoms with Gasteiger partial charge in [-0.25, -0.2) is 0 Å². The van der Waals surface area contributed by atoms with E-state index in [0.29, 0.717) is 51.7 Å². The number of rotatable bonds is 11. The number of nitrogens with one attached hydrogen (secondary N) is 1. The van der Waals surface area contributed by atoms with Crippen LogP contribution >= 0.6 is 0 Å². The van der Waals surface area contributed by atoms with Crippen LogP contribution in [0.4, 0.5) is 0 Å². The first-order valence-corrected chi connectivity index (χ1v) is 10.2. The third kappa shape index (κ3) is 6.17. The number of carboxylic acid groups (broad SMARTS) is 2. The molecule has 8 heteroatoms. The number of carboxylic acids is 2. The highest BCUT2D eigenvalue weighted by atomic mass is 16.5. The molecule has 0 aromatic carbocycles. The fraction of sp³-hybridized carbons (Fsp3) is 0.850. The highest BCUT2D eigenvalue weighted by Crippen LogP contribution is 2.44. The second-order valence-electron chi connectivity index (χ2n) is 8.15. The van der Waals surface area contributed by atoms with Gasteiger partial charge in [-0.3, -0.25) is 14.4 Å². The van der Waals surface area contributed by atoms with E-state index >= 15 is 0 Å². The molecule has 0 saturated heterocycles. The maximum Gasteiger partial charge on any atom is 0.308 e. The average molecular weight is 399 g/mol. The number of hydrogen-bond acceptors (Lipinski definition) is 5. The Bertz CT molecular complexity index is 537. The van der Waals surface area contributed by atoms with E-state index in [2.05, 4.69) is 5.32 Å². The molecule has 0 bridgehead atoms. The monoisotopic (exact) mass is 399 g/mol. The predicted molar refractivity (Wildman–Crippen MR) is 101 cm³/mol. The van der Waals surface area contributed by atoms with Crippen LogP contribution in [0.15, 0.2) is 0 Å². The normalized spacial score (nSPS) is 25.2. The van der Waals surface area contributed by atoms with Crippen molar-refractivity contribution in [1.82, 2.24) is 5.32 Å². The largest absolute Gasteiger partial charge is 0.481 e. The number of ether oxygens (including phenoxy) is 2. The Morgan fingerprint density at radius 1 is 1.07 bits per heavy atom. The quantitative estimate of drug-likeness (QED) is 0.455. The lowest BCUT2D eigenvalue weighted by atomic mass is 9.76. The third-order valence-corrected chi connectivity index (χ3v) is 6.19. The van der Waals surface area contributed by atoms with Gasteiger partial charge in [0.1, 0.15) is 0 Å². The third-order valence-electron chi connectivity index (χ3n) is 6.19. The SMILES string of the molecule is COCCOC[C@H](CC1(C(=O)N[C@H]2CC[C@@H](C(=O)O)CC2)CCCC1)C(=O)O. The molecule has 1 atom stereocenters. The summed E-state index contributed by atoms with van der Waals surface area (Å²) in [5.41, 5.74) is -0.669. The zero-order valence-corrected chi connectivity index (χ0v) is 16.7. The first-order valence-electron chi connectivity index (χ1n) is 10.2. The van der Waals surface area contributed by atoms with Gasteiger partial charge in [0.15, 0.2) is 0 Å². The van der Waals surface area contributed by atoms with E-state index in [0.717, 1.165) is 12.8 Å². The van der Waals surface area contributed by atoms with Crippen molar-refractivity contribution in [3.05, 3.63) is 0 Å². The number of carbonyl (C=O) groups excluding carboxylic acids is 1. The highest BCUT2D eigenvalue weighted by molar-refractivity contribution is 5.84. The average Bonchev–Trinajstić information content (AvgIpc) is 3.14. The van der Waals surface area contributed by atoms with Crippen LogP contribution in [0.2, 0.25) is 0 Å². The summed E-state index contributed by atoms with van der Waals surface area (Å²) < 4.78 is 10.3. The minimum absolute atomic E-state index is 0.0261. The van der Waals surface area contributed by atoms with E-state index in [-0.39, 0.29) is 30.9 Å². The molecule has 1 amide bonds. The molecule has 0 heterocycles. The van der Waals surface area contributed by atoms with Crippen molar-refractivity contribution >= 4 is 17.8 Å². The van der Waals surface area contributed by atoms with Crippen molar-refractivity contribution in [2.45, 2.75) is 63.8 Å². The van der Waals surface area contributed by atoms with Crippen molar-refractivity contribution in [1.29, 1.82) is 0 Å². The number of hydrogen-bond donors (Lipinski definition) is 3. The van der Waals surface area contributed by atoms with Gasteiger partial charge in [0.2, 0.25) is 5.91 Å². The minimum Gasteiger partial charge on any atom is -0.481 e. The molecule has 28 heavy (non-hydrogen) atoms. The lowest BCUT2D eigenvalue weighted by molar-refractivity contribution is -0.147. The fourth-order valence-electron chi connectivity index (χ4n) is 4.46. The Balaban J connectivity index is 1.94. The molecule has 0 aromatic rings. The van der Waals surface area contributed by atoms with Crippen LogP contribution in [-0.2, 0) is 23.9 Å². The van der Waals surface area contributed by atoms with Crippen LogP contribution in [0.3, 0.4) is 0 Å². The molecule has 0 unspecified atom stereocenters. The van der Waals surface area contributed by atoms with Crippen molar-refractivity contribution in [3.8, 4) is 0 Å². The number of amides is 1. The predicted octanol–water partition coefficient (Wildman–Crippen LogP) is 2.06. The Labute approximate surface area is 166 Å². The van der Waals surface area contributed by atoms with Gasteiger partial charge in [-0.2, -0.15) is 0 Å². The molecule has 3 N–H and O–H groups in total. The van der Waals surface area contributed by atoms with Crippen LogP contribution in [-0.4, -0.2) is 61.0 Å². The Morgan fingerprint density at radius 2 is 1.71 bits per heavy atom. The van der Waals surface area contributed by atoms with E-state index in [1.165, 1.54) is 0 Å². The van der Waals surface area contributed by atoms with Gasteiger partial charge < -0.3 is 25.0 Å². The molecule has 0 aromatic heterocycles. The van der Waals surface area contributed by atoms with Crippen LogP contribution in [0, 0.1) is 17.3 Å². The minimum atomic E-state index is -0.946. The van der Waals surface area contributed by atoms with Crippen LogP contribution in [0.25, 0.3) is 0 Å². The summed E-state index contributed by atoms with van der Waals surface area (Å²) in [6.45, 7) is 0.792. The van der Waals surface area contributed by atoms with Crippen molar-refractivity contribution in [2.24, 2.45) is 17.3 Å². The van der Waals surface area contributed by atoms with Gasteiger partial charge in [0, 0.05) is 13.2 Å². The number of aliphatic carboxylic acids is 2. The molecule has 8 nitrogen and oxygen atoms in total. The molecule has 0 aliphatic heterocycles. The second-order valence-corrected chi connectivity index (χ2v) is 8.15. The molecule has 2 rings (SSSR count). The highest BCUT2D eigenvalue weighted by Gasteiger charge is 2.45. The second kappa shape index (κ2) is 10.8. The number of methoxy groups -OCH3 is 1. The molecule has 2 fully saturated rings. The summed E-state index contributed by atoms with van der Waals surface area (Å²) in [6.07, 6.45) is 5.91. The van der Waals surface area contributed by atoms with Gasteiger partial charge >= 0.3 is 11.9 Å². The lowest BCUT2D eigenvalue weighted by Crippen LogP contribution is -2.47. The molecule has 2 aliphatic carbocycles. The van der Waals surface area contributed by atoms with Gasteiger partial charge in [-0.1, -0.05) is 12.8 Å². The first kappa shape index (κ1) is 22.6.